The van der Waals surface area contributed by atoms with Gasteiger partial charge in [-0.1, -0.05) is 41.3 Å². The zero-order valence-corrected chi connectivity index (χ0v) is 18.0. The number of aromatic nitrogens is 2. The van der Waals surface area contributed by atoms with Gasteiger partial charge in [-0.2, -0.15) is 0 Å². The van der Waals surface area contributed by atoms with Crippen molar-refractivity contribution < 1.29 is 23.8 Å². The molecule has 0 saturated heterocycles. The van der Waals surface area contributed by atoms with Crippen LogP contribution in [0.5, 0.6) is 17.2 Å². The largest absolute Gasteiger partial charge is 0.496 e. The van der Waals surface area contributed by atoms with E-state index >= 15 is 0 Å². The molecule has 0 bridgehead atoms. The maximum Gasteiger partial charge on any atom is 0.261 e. The number of nitrogens with one attached hydrogen (secondary N) is 2. The highest BCUT2D eigenvalue weighted by molar-refractivity contribution is 8.01. The molecule has 11 heteroatoms. The summed E-state index contributed by atoms with van der Waals surface area (Å²) in [6, 6.07) is 12.4. The molecule has 1 aromatic heterocycles. The van der Waals surface area contributed by atoms with E-state index in [1.807, 2.05) is 18.2 Å². The number of benzene rings is 2. The number of rotatable bonds is 8. The minimum atomic E-state index is -0.341. The summed E-state index contributed by atoms with van der Waals surface area (Å²) in [5.74, 6) is 1.55. The van der Waals surface area contributed by atoms with Gasteiger partial charge in [0.2, 0.25) is 17.8 Å². The fourth-order valence-corrected chi connectivity index (χ4v) is 4.32. The highest BCUT2D eigenvalue weighted by atomic mass is 32.2. The Morgan fingerprint density at radius 3 is 2.87 bits per heavy atom. The highest BCUT2D eigenvalue weighted by Gasteiger charge is 2.16. The Balaban J connectivity index is 1.25. The van der Waals surface area contributed by atoms with Gasteiger partial charge in [0.25, 0.3) is 5.91 Å². The van der Waals surface area contributed by atoms with Gasteiger partial charge >= 0.3 is 0 Å². The number of fused-ring (bicyclic) bond motifs is 1. The van der Waals surface area contributed by atoms with E-state index in [2.05, 4.69) is 20.8 Å². The first-order valence-corrected chi connectivity index (χ1v) is 11.0. The SMILES string of the molecule is COc1ccccc1C(=O)Nc1nnc(SCC(=O)NCc2ccc3c(c2)OCO3)s1. The van der Waals surface area contributed by atoms with Gasteiger partial charge in [-0.15, -0.1) is 10.2 Å². The standard InChI is InChI=1S/C20H18N4O5S2/c1-27-14-5-3-2-4-13(14)18(26)22-19-23-24-20(31-19)30-10-17(25)21-9-12-6-7-15-16(8-12)29-11-28-15/h2-8H,9-11H2,1H3,(H,21,25)(H,22,23,26). The third-order valence-electron chi connectivity index (χ3n) is 4.23. The van der Waals surface area contributed by atoms with E-state index in [1.165, 1.54) is 30.2 Å². The lowest BCUT2D eigenvalue weighted by Crippen LogP contribution is -2.24. The van der Waals surface area contributed by atoms with Gasteiger partial charge in [0.05, 0.1) is 18.4 Å². The van der Waals surface area contributed by atoms with Crippen LogP contribution in [-0.4, -0.2) is 41.7 Å². The fourth-order valence-electron chi connectivity index (χ4n) is 2.75. The Labute approximate surface area is 186 Å². The number of hydrogen-bond donors (Lipinski definition) is 2. The van der Waals surface area contributed by atoms with Crippen molar-refractivity contribution in [2.24, 2.45) is 0 Å². The number of ether oxygens (including phenoxy) is 3. The topological polar surface area (TPSA) is 112 Å². The van der Waals surface area contributed by atoms with Gasteiger partial charge in [-0.05, 0) is 29.8 Å². The summed E-state index contributed by atoms with van der Waals surface area (Å²) in [6.45, 7) is 0.595. The van der Waals surface area contributed by atoms with Crippen LogP contribution in [0.25, 0.3) is 0 Å². The van der Waals surface area contributed by atoms with Crippen LogP contribution in [0.3, 0.4) is 0 Å². The van der Waals surface area contributed by atoms with Crippen molar-refractivity contribution in [3.63, 3.8) is 0 Å². The van der Waals surface area contributed by atoms with Crippen molar-refractivity contribution in [1.82, 2.24) is 15.5 Å². The first kappa shape index (κ1) is 20.9. The predicted octanol–water partition coefficient (Wildman–Crippen LogP) is 2.94. The van der Waals surface area contributed by atoms with E-state index in [1.54, 1.807) is 24.3 Å². The van der Waals surface area contributed by atoms with Crippen molar-refractivity contribution in [2.75, 3.05) is 25.0 Å². The van der Waals surface area contributed by atoms with Crippen molar-refractivity contribution >= 4 is 40.0 Å². The average molecular weight is 459 g/mol. The number of nitrogens with zero attached hydrogens (tertiary/aromatic N) is 2. The Hall–Kier alpha value is -3.31. The summed E-state index contributed by atoms with van der Waals surface area (Å²) in [5.41, 5.74) is 1.32. The number of methoxy groups -OCH3 is 1. The fraction of sp³-hybridized carbons (Fsp3) is 0.200. The van der Waals surface area contributed by atoms with E-state index in [0.29, 0.717) is 38.8 Å². The third-order valence-corrected chi connectivity index (χ3v) is 6.20. The highest BCUT2D eigenvalue weighted by Crippen LogP contribution is 2.32. The molecule has 0 saturated carbocycles. The van der Waals surface area contributed by atoms with Crippen LogP contribution in [0, 0.1) is 0 Å². The van der Waals surface area contributed by atoms with Gasteiger partial charge in [0, 0.05) is 6.54 Å². The normalized spacial score (nSPS) is 11.8. The second-order valence-electron chi connectivity index (χ2n) is 6.28. The molecular formula is C20H18N4O5S2. The summed E-state index contributed by atoms with van der Waals surface area (Å²) < 4.78 is 16.4. The van der Waals surface area contributed by atoms with Crippen molar-refractivity contribution in [1.29, 1.82) is 0 Å². The van der Waals surface area contributed by atoms with Crippen molar-refractivity contribution in [2.45, 2.75) is 10.9 Å². The summed E-state index contributed by atoms with van der Waals surface area (Å²) in [7, 11) is 1.50. The predicted molar refractivity (Wildman–Crippen MR) is 116 cm³/mol. The van der Waals surface area contributed by atoms with Crippen molar-refractivity contribution in [3.05, 3.63) is 53.6 Å². The summed E-state index contributed by atoms with van der Waals surface area (Å²) in [6.07, 6.45) is 0. The lowest BCUT2D eigenvalue weighted by atomic mass is 10.2. The second kappa shape index (κ2) is 9.67. The lowest BCUT2D eigenvalue weighted by molar-refractivity contribution is -0.118. The minimum absolute atomic E-state index is 0.141. The van der Waals surface area contributed by atoms with Crippen molar-refractivity contribution in [3.8, 4) is 17.2 Å². The molecule has 31 heavy (non-hydrogen) atoms. The van der Waals surface area contributed by atoms with Gasteiger partial charge in [-0.25, -0.2) is 0 Å². The van der Waals surface area contributed by atoms with Gasteiger partial charge < -0.3 is 19.5 Å². The smallest absolute Gasteiger partial charge is 0.261 e. The number of anilines is 1. The van der Waals surface area contributed by atoms with E-state index in [9.17, 15) is 9.59 Å². The Kier molecular flexibility index (Phi) is 6.53. The summed E-state index contributed by atoms with van der Waals surface area (Å²) in [4.78, 5) is 24.6. The quantitative estimate of drug-likeness (QED) is 0.392. The average Bonchev–Trinajstić information content (AvgIpc) is 3.45. The summed E-state index contributed by atoms with van der Waals surface area (Å²) in [5, 5.41) is 13.9. The monoisotopic (exact) mass is 458 g/mol. The number of amides is 2. The molecule has 0 atom stereocenters. The van der Waals surface area contributed by atoms with Crippen LogP contribution in [0.4, 0.5) is 5.13 Å². The molecule has 1 aliphatic heterocycles. The molecule has 4 rings (SSSR count). The molecule has 0 aliphatic carbocycles. The minimum Gasteiger partial charge on any atom is -0.496 e. The molecule has 160 valence electrons. The summed E-state index contributed by atoms with van der Waals surface area (Å²) >= 11 is 2.44. The maximum atomic E-state index is 12.4. The van der Waals surface area contributed by atoms with E-state index in [-0.39, 0.29) is 24.4 Å². The molecule has 1 aliphatic rings. The van der Waals surface area contributed by atoms with Gasteiger partial charge in [0.15, 0.2) is 15.8 Å². The number of para-hydroxylation sites is 1. The van der Waals surface area contributed by atoms with Crippen LogP contribution in [0.2, 0.25) is 0 Å². The van der Waals surface area contributed by atoms with E-state index < -0.39 is 0 Å². The molecule has 0 unspecified atom stereocenters. The molecular weight excluding hydrogens is 440 g/mol. The molecule has 0 fully saturated rings. The second-order valence-corrected chi connectivity index (χ2v) is 8.48. The van der Waals surface area contributed by atoms with Gasteiger partial charge in [-0.3, -0.25) is 14.9 Å². The van der Waals surface area contributed by atoms with E-state index in [0.717, 1.165) is 5.56 Å². The molecule has 2 N–H and O–H groups in total. The number of thioether (sulfide) groups is 1. The Morgan fingerprint density at radius 2 is 2.00 bits per heavy atom. The third kappa shape index (κ3) is 5.25. The molecule has 0 spiro atoms. The Bertz CT molecular complexity index is 1100. The zero-order chi connectivity index (χ0) is 21.6. The maximum absolute atomic E-state index is 12.4. The molecule has 2 aromatic carbocycles. The first-order valence-electron chi connectivity index (χ1n) is 9.18. The van der Waals surface area contributed by atoms with Crippen LogP contribution >= 0.6 is 23.1 Å². The zero-order valence-electron chi connectivity index (χ0n) is 16.4. The number of carbonyl (C=O) groups excluding carboxylic acids is 2. The Morgan fingerprint density at radius 1 is 1.16 bits per heavy atom. The van der Waals surface area contributed by atoms with Crippen LogP contribution in [0.1, 0.15) is 15.9 Å². The van der Waals surface area contributed by atoms with Crippen LogP contribution < -0.4 is 24.8 Å². The molecule has 9 nitrogen and oxygen atoms in total. The van der Waals surface area contributed by atoms with Gasteiger partial charge in [0.1, 0.15) is 5.75 Å². The van der Waals surface area contributed by atoms with Crippen LogP contribution in [-0.2, 0) is 11.3 Å². The van der Waals surface area contributed by atoms with E-state index in [4.69, 9.17) is 14.2 Å². The lowest BCUT2D eigenvalue weighted by Gasteiger charge is -2.06. The molecule has 2 amide bonds. The number of carbonyl (C=O) groups is 2. The first-order chi connectivity index (χ1) is 15.1. The molecule has 2 heterocycles. The molecule has 3 aromatic rings. The molecule has 0 radical (unpaired) electrons. The van der Waals surface area contributed by atoms with Crippen LogP contribution in [0.15, 0.2) is 46.8 Å². The number of hydrogen-bond acceptors (Lipinski definition) is 9.